The summed E-state index contributed by atoms with van der Waals surface area (Å²) in [6.07, 6.45) is -0.119. The van der Waals surface area contributed by atoms with Crippen LogP contribution in [-0.4, -0.2) is 27.6 Å². The molecule has 6 heteroatoms. The van der Waals surface area contributed by atoms with E-state index in [1.54, 1.807) is 14.2 Å². The average Bonchev–Trinajstić information content (AvgIpc) is 3.21. The van der Waals surface area contributed by atoms with E-state index < -0.39 is 0 Å². The van der Waals surface area contributed by atoms with Crippen molar-refractivity contribution in [3.63, 3.8) is 0 Å². The number of benzene rings is 2. The Bertz CT molecular complexity index is 831. The van der Waals surface area contributed by atoms with E-state index in [-0.39, 0.29) is 18.8 Å². The van der Waals surface area contributed by atoms with E-state index in [1.807, 2.05) is 24.3 Å². The van der Waals surface area contributed by atoms with Gasteiger partial charge in [-0.15, -0.1) is 0 Å². The summed E-state index contributed by atoms with van der Waals surface area (Å²) < 4.78 is 34.0. The highest BCUT2D eigenvalue weighted by Gasteiger charge is 2.43. The van der Waals surface area contributed by atoms with Gasteiger partial charge in [0.05, 0.1) is 26.7 Å². The molecule has 2 aromatic carbocycles. The summed E-state index contributed by atoms with van der Waals surface area (Å²) in [5.74, 6) is 4.34. The van der Waals surface area contributed by atoms with Crippen LogP contribution in [0.15, 0.2) is 24.3 Å². The maximum atomic E-state index is 6.22. The molecule has 0 bridgehead atoms. The van der Waals surface area contributed by atoms with Gasteiger partial charge in [-0.2, -0.15) is 0 Å². The lowest BCUT2D eigenvalue weighted by Crippen LogP contribution is -2.23. The molecule has 2 atom stereocenters. The molecular weight excluding hydrogens is 312 g/mol. The number of fused-ring (bicyclic) bond motifs is 6. The van der Waals surface area contributed by atoms with Crippen molar-refractivity contribution in [2.75, 3.05) is 27.6 Å². The molecule has 0 N–H and O–H groups in total. The molecule has 124 valence electrons. The molecule has 3 aliphatic rings. The monoisotopic (exact) mass is 328 g/mol. The Hall–Kier alpha value is -2.76. The van der Waals surface area contributed by atoms with Gasteiger partial charge in [-0.1, -0.05) is 0 Å². The third kappa shape index (κ3) is 1.71. The Labute approximate surface area is 138 Å². The standard InChI is InChI=1S/C18H16O6/c1-19-12-4-3-9-16-11(7-21-17(9)18(12)20-2)10-5-14-15(23-8-22-14)6-13(10)24-16/h3-6,11,16H,7-8H2,1-2H3/t11-,16-/m0/s1. The van der Waals surface area contributed by atoms with E-state index in [4.69, 9.17) is 28.4 Å². The fraction of sp³-hybridized carbons (Fsp3) is 0.333. The summed E-state index contributed by atoms with van der Waals surface area (Å²) in [5.41, 5.74) is 2.05. The van der Waals surface area contributed by atoms with Crippen molar-refractivity contribution >= 4 is 0 Å². The van der Waals surface area contributed by atoms with Crippen molar-refractivity contribution in [2.45, 2.75) is 12.0 Å². The largest absolute Gasteiger partial charge is 0.493 e. The number of hydrogen-bond acceptors (Lipinski definition) is 6. The normalized spacial score (nSPS) is 21.9. The molecule has 0 unspecified atom stereocenters. The summed E-state index contributed by atoms with van der Waals surface area (Å²) in [6, 6.07) is 7.75. The average molecular weight is 328 g/mol. The molecule has 0 aromatic heterocycles. The van der Waals surface area contributed by atoms with E-state index in [0.717, 1.165) is 28.4 Å². The first-order chi connectivity index (χ1) is 11.8. The van der Waals surface area contributed by atoms with Crippen molar-refractivity contribution in [1.82, 2.24) is 0 Å². The summed E-state index contributed by atoms with van der Waals surface area (Å²) in [7, 11) is 3.22. The maximum absolute atomic E-state index is 6.22. The highest BCUT2D eigenvalue weighted by molar-refractivity contribution is 5.61. The Kier molecular flexibility index (Phi) is 2.77. The van der Waals surface area contributed by atoms with Crippen LogP contribution >= 0.6 is 0 Å². The lowest BCUT2D eigenvalue weighted by molar-refractivity contribution is 0.134. The molecule has 0 saturated heterocycles. The highest BCUT2D eigenvalue weighted by atomic mass is 16.7. The predicted octanol–water partition coefficient (Wildman–Crippen LogP) is 3.04. The Morgan fingerprint density at radius 3 is 2.54 bits per heavy atom. The van der Waals surface area contributed by atoms with Crippen molar-refractivity contribution in [3.05, 3.63) is 35.4 Å². The molecule has 2 aromatic rings. The van der Waals surface area contributed by atoms with Crippen molar-refractivity contribution in [1.29, 1.82) is 0 Å². The van der Waals surface area contributed by atoms with Crippen LogP contribution < -0.4 is 28.4 Å². The van der Waals surface area contributed by atoms with Crippen molar-refractivity contribution in [3.8, 4) is 34.5 Å². The lowest BCUT2D eigenvalue weighted by Gasteiger charge is -2.29. The molecule has 6 nitrogen and oxygen atoms in total. The second kappa shape index (κ2) is 4.87. The fourth-order valence-corrected chi connectivity index (χ4v) is 3.63. The topological polar surface area (TPSA) is 55.4 Å². The molecule has 0 fully saturated rings. The maximum Gasteiger partial charge on any atom is 0.231 e. The Morgan fingerprint density at radius 1 is 0.917 bits per heavy atom. The zero-order chi connectivity index (χ0) is 16.3. The van der Waals surface area contributed by atoms with Gasteiger partial charge in [-0.3, -0.25) is 0 Å². The van der Waals surface area contributed by atoms with Crippen LogP contribution in [-0.2, 0) is 0 Å². The summed E-state index contributed by atoms with van der Waals surface area (Å²) in [5, 5.41) is 0. The van der Waals surface area contributed by atoms with Gasteiger partial charge >= 0.3 is 0 Å². The van der Waals surface area contributed by atoms with Crippen LogP contribution in [0.25, 0.3) is 0 Å². The minimum atomic E-state index is -0.119. The van der Waals surface area contributed by atoms with E-state index in [1.165, 1.54) is 0 Å². The van der Waals surface area contributed by atoms with Gasteiger partial charge in [0.2, 0.25) is 12.5 Å². The minimum Gasteiger partial charge on any atom is -0.493 e. The lowest BCUT2D eigenvalue weighted by atomic mass is 9.89. The predicted molar refractivity (Wildman–Crippen MR) is 83.7 cm³/mol. The van der Waals surface area contributed by atoms with Gasteiger partial charge in [0.1, 0.15) is 11.9 Å². The molecule has 0 radical (unpaired) electrons. The number of hydrogen-bond donors (Lipinski definition) is 0. The van der Waals surface area contributed by atoms with Gasteiger partial charge in [0.15, 0.2) is 23.0 Å². The van der Waals surface area contributed by atoms with Crippen LogP contribution in [0, 0.1) is 0 Å². The van der Waals surface area contributed by atoms with Crippen LogP contribution in [0.1, 0.15) is 23.1 Å². The summed E-state index contributed by atoms with van der Waals surface area (Å²) in [4.78, 5) is 0. The highest BCUT2D eigenvalue weighted by Crippen LogP contribution is 2.56. The van der Waals surface area contributed by atoms with Crippen LogP contribution in [0.3, 0.4) is 0 Å². The summed E-state index contributed by atoms with van der Waals surface area (Å²) in [6.45, 7) is 0.760. The number of methoxy groups -OCH3 is 2. The fourth-order valence-electron chi connectivity index (χ4n) is 3.63. The zero-order valence-electron chi connectivity index (χ0n) is 13.3. The molecule has 0 spiro atoms. The van der Waals surface area contributed by atoms with Gasteiger partial charge in [0.25, 0.3) is 0 Å². The van der Waals surface area contributed by atoms with Crippen LogP contribution in [0.2, 0.25) is 0 Å². The second-order valence-electron chi connectivity index (χ2n) is 5.92. The van der Waals surface area contributed by atoms with Gasteiger partial charge in [0, 0.05) is 17.2 Å². The van der Waals surface area contributed by atoms with Crippen molar-refractivity contribution < 1.29 is 28.4 Å². The van der Waals surface area contributed by atoms with E-state index in [2.05, 4.69) is 0 Å². The number of rotatable bonds is 2. The first kappa shape index (κ1) is 13.7. The first-order valence-corrected chi connectivity index (χ1v) is 7.78. The first-order valence-electron chi connectivity index (χ1n) is 7.78. The molecule has 3 heterocycles. The molecule has 0 amide bonds. The van der Waals surface area contributed by atoms with Gasteiger partial charge < -0.3 is 28.4 Å². The minimum absolute atomic E-state index is 0.111. The van der Waals surface area contributed by atoms with E-state index in [0.29, 0.717) is 23.9 Å². The van der Waals surface area contributed by atoms with E-state index >= 15 is 0 Å². The quantitative estimate of drug-likeness (QED) is 0.844. The molecule has 5 rings (SSSR count). The van der Waals surface area contributed by atoms with Gasteiger partial charge in [-0.05, 0) is 18.2 Å². The third-order valence-electron chi connectivity index (χ3n) is 4.77. The smallest absolute Gasteiger partial charge is 0.231 e. The Morgan fingerprint density at radius 2 is 1.75 bits per heavy atom. The van der Waals surface area contributed by atoms with Crippen LogP contribution in [0.5, 0.6) is 34.5 Å². The molecular formula is C18H16O6. The molecule has 3 aliphatic heterocycles. The summed E-state index contributed by atoms with van der Waals surface area (Å²) >= 11 is 0. The SMILES string of the molecule is COc1ccc2c(c1OC)OC[C@H]1c3cc4c(cc3O[C@@H]21)OCO4. The molecule has 24 heavy (non-hydrogen) atoms. The number of ether oxygens (including phenoxy) is 6. The second-order valence-corrected chi connectivity index (χ2v) is 5.92. The van der Waals surface area contributed by atoms with E-state index in [9.17, 15) is 0 Å². The van der Waals surface area contributed by atoms with Crippen molar-refractivity contribution in [2.24, 2.45) is 0 Å². The van der Waals surface area contributed by atoms with Crippen LogP contribution in [0.4, 0.5) is 0 Å². The van der Waals surface area contributed by atoms with Gasteiger partial charge in [-0.25, -0.2) is 0 Å². The molecule has 0 saturated carbocycles. The molecule has 0 aliphatic carbocycles. The zero-order valence-corrected chi connectivity index (χ0v) is 13.3. The third-order valence-corrected chi connectivity index (χ3v) is 4.77. The Balaban J connectivity index is 1.60.